The number of carbonyl (C=O) groups is 1. The molecule has 1 aliphatic heterocycles. The second-order valence-corrected chi connectivity index (χ2v) is 4.77. The number of thiol groups is 1. The van der Waals surface area contributed by atoms with Crippen molar-refractivity contribution < 1.29 is 9.18 Å². The molecule has 16 heavy (non-hydrogen) atoms. The number of benzene rings is 1. The highest BCUT2D eigenvalue weighted by Crippen LogP contribution is 2.17. The van der Waals surface area contributed by atoms with Crippen molar-refractivity contribution in [3.05, 3.63) is 35.6 Å². The van der Waals surface area contributed by atoms with Crippen molar-refractivity contribution in [1.82, 2.24) is 4.90 Å². The Morgan fingerprint density at radius 3 is 2.81 bits per heavy atom. The Bertz CT molecular complexity index is 396. The van der Waals surface area contributed by atoms with Crippen LogP contribution in [0.2, 0.25) is 0 Å². The normalized spacial score (nSPS) is 20.5. The van der Waals surface area contributed by atoms with E-state index >= 15 is 0 Å². The Morgan fingerprint density at radius 1 is 1.44 bits per heavy atom. The van der Waals surface area contributed by atoms with Crippen LogP contribution in [0.5, 0.6) is 0 Å². The number of carbonyl (C=O) groups excluding carboxylic acids is 1. The molecule has 1 unspecified atom stereocenters. The molecule has 1 aromatic carbocycles. The van der Waals surface area contributed by atoms with Crippen LogP contribution in [0.1, 0.15) is 12.0 Å². The summed E-state index contributed by atoms with van der Waals surface area (Å²) >= 11 is 4.27. The molecule has 1 heterocycles. The molecule has 4 heteroatoms. The third kappa shape index (κ3) is 2.55. The Morgan fingerprint density at radius 2 is 2.19 bits per heavy atom. The summed E-state index contributed by atoms with van der Waals surface area (Å²) in [5, 5.41) is 0.133. The molecule has 1 aliphatic rings. The molecule has 0 saturated carbocycles. The predicted octanol–water partition coefficient (Wildman–Crippen LogP) is 1.90. The summed E-state index contributed by atoms with van der Waals surface area (Å²) in [6.45, 7) is 1.26. The number of nitrogens with zero attached hydrogens (tertiary/aromatic N) is 1. The lowest BCUT2D eigenvalue weighted by atomic mass is 10.1. The SMILES string of the molecule is O=C1CC(S)CN1CCc1ccccc1F. The van der Waals surface area contributed by atoms with E-state index in [1.165, 1.54) is 6.07 Å². The summed E-state index contributed by atoms with van der Waals surface area (Å²) in [6, 6.07) is 6.69. The summed E-state index contributed by atoms with van der Waals surface area (Å²) in [7, 11) is 0. The van der Waals surface area contributed by atoms with Gasteiger partial charge in [-0.05, 0) is 18.1 Å². The fourth-order valence-electron chi connectivity index (χ4n) is 1.92. The van der Waals surface area contributed by atoms with Gasteiger partial charge in [-0.2, -0.15) is 12.6 Å². The van der Waals surface area contributed by atoms with Crippen molar-refractivity contribution in [3.8, 4) is 0 Å². The first-order valence-electron chi connectivity index (χ1n) is 5.36. The minimum atomic E-state index is -0.198. The third-order valence-electron chi connectivity index (χ3n) is 2.80. The zero-order valence-electron chi connectivity index (χ0n) is 8.90. The Hall–Kier alpha value is -1.03. The summed E-state index contributed by atoms with van der Waals surface area (Å²) in [5.74, 6) is -0.0760. The highest BCUT2D eigenvalue weighted by atomic mass is 32.1. The topological polar surface area (TPSA) is 20.3 Å². The Balaban J connectivity index is 1.93. The van der Waals surface area contributed by atoms with Crippen molar-refractivity contribution in [3.63, 3.8) is 0 Å². The van der Waals surface area contributed by atoms with E-state index in [9.17, 15) is 9.18 Å². The quantitative estimate of drug-likeness (QED) is 0.799. The lowest BCUT2D eigenvalue weighted by Crippen LogP contribution is -2.27. The Kier molecular flexibility index (Phi) is 3.49. The van der Waals surface area contributed by atoms with E-state index in [1.807, 2.05) is 6.07 Å². The van der Waals surface area contributed by atoms with Crippen molar-refractivity contribution in [2.75, 3.05) is 13.1 Å². The van der Waals surface area contributed by atoms with Crippen LogP contribution >= 0.6 is 12.6 Å². The fraction of sp³-hybridized carbons (Fsp3) is 0.417. The second kappa shape index (κ2) is 4.87. The molecular formula is C12H14FNOS. The number of hydrogen-bond acceptors (Lipinski definition) is 2. The maximum absolute atomic E-state index is 13.3. The summed E-state index contributed by atoms with van der Waals surface area (Å²) < 4.78 is 13.3. The minimum Gasteiger partial charge on any atom is -0.341 e. The van der Waals surface area contributed by atoms with Gasteiger partial charge < -0.3 is 4.90 Å². The van der Waals surface area contributed by atoms with Gasteiger partial charge in [0.15, 0.2) is 0 Å². The van der Waals surface area contributed by atoms with Gasteiger partial charge in [0.1, 0.15) is 5.82 Å². The highest BCUT2D eigenvalue weighted by molar-refractivity contribution is 7.81. The first kappa shape index (κ1) is 11.5. The molecule has 0 bridgehead atoms. The summed E-state index contributed by atoms with van der Waals surface area (Å²) in [4.78, 5) is 13.2. The van der Waals surface area contributed by atoms with Crippen molar-refractivity contribution >= 4 is 18.5 Å². The number of amides is 1. The van der Waals surface area contributed by atoms with E-state index in [2.05, 4.69) is 12.6 Å². The van der Waals surface area contributed by atoms with Crippen LogP contribution in [-0.2, 0) is 11.2 Å². The van der Waals surface area contributed by atoms with E-state index in [0.717, 1.165) is 0 Å². The maximum atomic E-state index is 13.3. The molecule has 0 N–H and O–H groups in total. The zero-order chi connectivity index (χ0) is 11.5. The van der Waals surface area contributed by atoms with E-state index in [0.29, 0.717) is 31.5 Å². The van der Waals surface area contributed by atoms with E-state index in [-0.39, 0.29) is 17.0 Å². The van der Waals surface area contributed by atoms with Crippen LogP contribution < -0.4 is 0 Å². The van der Waals surface area contributed by atoms with Gasteiger partial charge in [-0.15, -0.1) is 0 Å². The lowest BCUT2D eigenvalue weighted by Gasteiger charge is -2.15. The van der Waals surface area contributed by atoms with Crippen molar-refractivity contribution in [2.45, 2.75) is 18.1 Å². The van der Waals surface area contributed by atoms with Gasteiger partial charge in [0.05, 0.1) is 0 Å². The molecule has 1 fully saturated rings. The molecule has 2 rings (SSSR count). The van der Waals surface area contributed by atoms with Crippen LogP contribution in [0.25, 0.3) is 0 Å². The first-order valence-corrected chi connectivity index (χ1v) is 5.87. The number of hydrogen-bond donors (Lipinski definition) is 1. The van der Waals surface area contributed by atoms with E-state index in [4.69, 9.17) is 0 Å². The highest BCUT2D eigenvalue weighted by Gasteiger charge is 2.26. The fourth-order valence-corrected chi connectivity index (χ4v) is 2.28. The largest absolute Gasteiger partial charge is 0.341 e. The molecule has 1 amide bonds. The summed E-state index contributed by atoms with van der Waals surface area (Å²) in [6.07, 6.45) is 1.07. The molecule has 0 aromatic heterocycles. The average Bonchev–Trinajstić information content (AvgIpc) is 2.56. The van der Waals surface area contributed by atoms with Gasteiger partial charge in [-0.1, -0.05) is 18.2 Å². The third-order valence-corrected chi connectivity index (χ3v) is 3.15. The lowest BCUT2D eigenvalue weighted by molar-refractivity contribution is -0.127. The van der Waals surface area contributed by atoms with Crippen LogP contribution in [0.15, 0.2) is 24.3 Å². The molecule has 86 valence electrons. The van der Waals surface area contributed by atoms with Gasteiger partial charge in [0.2, 0.25) is 5.91 Å². The minimum absolute atomic E-state index is 0.122. The first-order chi connectivity index (χ1) is 7.66. The number of likely N-dealkylation sites (tertiary alicyclic amines) is 1. The van der Waals surface area contributed by atoms with Gasteiger partial charge >= 0.3 is 0 Å². The monoisotopic (exact) mass is 239 g/mol. The van der Waals surface area contributed by atoms with Gasteiger partial charge in [-0.25, -0.2) is 4.39 Å². The molecular weight excluding hydrogens is 225 g/mol. The average molecular weight is 239 g/mol. The molecule has 1 saturated heterocycles. The van der Waals surface area contributed by atoms with Crippen LogP contribution in [0.4, 0.5) is 4.39 Å². The van der Waals surface area contributed by atoms with Gasteiger partial charge in [0.25, 0.3) is 0 Å². The van der Waals surface area contributed by atoms with Crippen LogP contribution in [-0.4, -0.2) is 29.1 Å². The number of rotatable bonds is 3. The van der Waals surface area contributed by atoms with Crippen molar-refractivity contribution in [2.24, 2.45) is 0 Å². The van der Waals surface area contributed by atoms with Gasteiger partial charge in [0, 0.05) is 24.8 Å². The van der Waals surface area contributed by atoms with E-state index < -0.39 is 0 Å². The molecule has 0 radical (unpaired) electrons. The maximum Gasteiger partial charge on any atom is 0.223 e. The zero-order valence-corrected chi connectivity index (χ0v) is 9.79. The van der Waals surface area contributed by atoms with Crippen LogP contribution in [0, 0.1) is 5.82 Å². The smallest absolute Gasteiger partial charge is 0.223 e. The molecule has 1 aromatic rings. The van der Waals surface area contributed by atoms with E-state index in [1.54, 1.807) is 17.0 Å². The molecule has 0 aliphatic carbocycles. The molecule has 2 nitrogen and oxygen atoms in total. The number of halogens is 1. The standard InChI is InChI=1S/C12H14FNOS/c13-11-4-2-1-3-9(11)5-6-14-8-10(16)7-12(14)15/h1-4,10,16H,5-8H2. The van der Waals surface area contributed by atoms with Crippen molar-refractivity contribution in [1.29, 1.82) is 0 Å². The second-order valence-electron chi connectivity index (χ2n) is 4.04. The van der Waals surface area contributed by atoms with Gasteiger partial charge in [-0.3, -0.25) is 4.79 Å². The molecule has 1 atom stereocenters. The Labute approximate surface area is 99.9 Å². The summed E-state index contributed by atoms with van der Waals surface area (Å²) in [5.41, 5.74) is 0.665. The molecule has 0 spiro atoms. The van der Waals surface area contributed by atoms with Crippen LogP contribution in [0.3, 0.4) is 0 Å². The predicted molar refractivity (Wildman–Crippen MR) is 64.1 cm³/mol.